The lowest BCUT2D eigenvalue weighted by Gasteiger charge is -2.48. The van der Waals surface area contributed by atoms with E-state index in [-0.39, 0.29) is 0 Å². The monoisotopic (exact) mass is 298 g/mol. The molecule has 0 radical (unpaired) electrons. The lowest BCUT2D eigenvalue weighted by atomic mass is 9.75. The summed E-state index contributed by atoms with van der Waals surface area (Å²) in [7, 11) is 1.81. The van der Waals surface area contributed by atoms with Crippen molar-refractivity contribution >= 4 is 0 Å². The molecular formula is C18H38N2O. The Balaban J connectivity index is 2.85. The number of hydrogen-bond donors (Lipinski definition) is 1. The van der Waals surface area contributed by atoms with E-state index >= 15 is 0 Å². The van der Waals surface area contributed by atoms with Crippen molar-refractivity contribution in [3.8, 4) is 0 Å². The first-order valence-electron chi connectivity index (χ1n) is 9.03. The molecule has 0 amide bonds. The van der Waals surface area contributed by atoms with Gasteiger partial charge in [0.1, 0.15) is 0 Å². The summed E-state index contributed by atoms with van der Waals surface area (Å²) in [6.07, 6.45) is 5.10. The molecular weight excluding hydrogens is 260 g/mol. The molecule has 3 heteroatoms. The van der Waals surface area contributed by atoms with Crippen LogP contribution in [0.5, 0.6) is 0 Å². The van der Waals surface area contributed by atoms with Gasteiger partial charge in [0.2, 0.25) is 0 Å². The van der Waals surface area contributed by atoms with Crippen LogP contribution in [0.25, 0.3) is 0 Å². The molecule has 126 valence electrons. The van der Waals surface area contributed by atoms with Gasteiger partial charge in [-0.2, -0.15) is 0 Å². The number of hydrogen-bond acceptors (Lipinski definition) is 3. The zero-order chi connectivity index (χ0) is 15.8. The second-order valence-corrected chi connectivity index (χ2v) is 7.09. The third-order valence-corrected chi connectivity index (χ3v) is 5.18. The lowest BCUT2D eigenvalue weighted by molar-refractivity contribution is 0.0162. The lowest BCUT2D eigenvalue weighted by Crippen LogP contribution is -2.59. The van der Waals surface area contributed by atoms with Gasteiger partial charge in [-0.15, -0.1) is 0 Å². The maximum Gasteiger partial charge on any atom is 0.0589 e. The summed E-state index contributed by atoms with van der Waals surface area (Å²) in [4.78, 5) is 2.72. The molecule has 21 heavy (non-hydrogen) atoms. The largest absolute Gasteiger partial charge is 0.383 e. The van der Waals surface area contributed by atoms with Crippen LogP contribution in [0.15, 0.2) is 0 Å². The normalized spacial score (nSPS) is 31.6. The minimum absolute atomic E-state index is 0.631. The van der Waals surface area contributed by atoms with Gasteiger partial charge in [0.05, 0.1) is 6.61 Å². The SMILES string of the molecule is CCCNC1CC(C)CC(C)C1N(CCOC)C(C)CC. The van der Waals surface area contributed by atoms with Gasteiger partial charge in [-0.3, -0.25) is 4.90 Å². The van der Waals surface area contributed by atoms with E-state index in [9.17, 15) is 0 Å². The van der Waals surface area contributed by atoms with Crippen molar-refractivity contribution in [1.29, 1.82) is 0 Å². The molecule has 0 aromatic carbocycles. The molecule has 0 aliphatic heterocycles. The van der Waals surface area contributed by atoms with Crippen LogP contribution >= 0.6 is 0 Å². The van der Waals surface area contributed by atoms with Gasteiger partial charge in [-0.05, 0) is 51.0 Å². The van der Waals surface area contributed by atoms with Gasteiger partial charge in [0.15, 0.2) is 0 Å². The Morgan fingerprint density at radius 1 is 1.24 bits per heavy atom. The average Bonchev–Trinajstić information content (AvgIpc) is 2.46. The van der Waals surface area contributed by atoms with Crippen molar-refractivity contribution in [3.63, 3.8) is 0 Å². The number of nitrogens with zero attached hydrogens (tertiary/aromatic N) is 1. The zero-order valence-electron chi connectivity index (χ0n) is 15.2. The Morgan fingerprint density at radius 2 is 1.95 bits per heavy atom. The molecule has 1 N–H and O–H groups in total. The van der Waals surface area contributed by atoms with Crippen LogP contribution in [0.1, 0.15) is 60.3 Å². The van der Waals surface area contributed by atoms with E-state index in [2.05, 4.69) is 44.8 Å². The van der Waals surface area contributed by atoms with Crippen molar-refractivity contribution in [2.75, 3.05) is 26.8 Å². The van der Waals surface area contributed by atoms with Crippen molar-refractivity contribution < 1.29 is 4.74 Å². The Kier molecular flexibility index (Phi) is 8.84. The summed E-state index contributed by atoms with van der Waals surface area (Å²) in [5, 5.41) is 3.84. The zero-order valence-corrected chi connectivity index (χ0v) is 15.2. The highest BCUT2D eigenvalue weighted by atomic mass is 16.5. The van der Waals surface area contributed by atoms with Crippen LogP contribution in [-0.4, -0.2) is 49.8 Å². The predicted octanol–water partition coefficient (Wildman–Crippen LogP) is 3.54. The van der Waals surface area contributed by atoms with Gasteiger partial charge in [0, 0.05) is 31.8 Å². The molecule has 5 atom stereocenters. The summed E-state index contributed by atoms with van der Waals surface area (Å²) in [5.41, 5.74) is 0. The van der Waals surface area contributed by atoms with Crippen LogP contribution in [0, 0.1) is 11.8 Å². The number of nitrogens with one attached hydrogen (secondary N) is 1. The quantitative estimate of drug-likeness (QED) is 0.704. The van der Waals surface area contributed by atoms with Gasteiger partial charge in [-0.25, -0.2) is 0 Å². The van der Waals surface area contributed by atoms with E-state index in [0.29, 0.717) is 18.1 Å². The first-order chi connectivity index (χ1) is 10.0. The highest BCUT2D eigenvalue weighted by Crippen LogP contribution is 2.33. The summed E-state index contributed by atoms with van der Waals surface area (Å²) in [5.74, 6) is 1.60. The number of ether oxygens (including phenoxy) is 1. The summed E-state index contributed by atoms with van der Waals surface area (Å²) in [6, 6.07) is 1.92. The molecule has 0 aromatic rings. The predicted molar refractivity (Wildman–Crippen MR) is 91.8 cm³/mol. The first kappa shape index (κ1) is 18.9. The van der Waals surface area contributed by atoms with Crippen molar-refractivity contribution in [2.24, 2.45) is 11.8 Å². The number of methoxy groups -OCH3 is 1. The smallest absolute Gasteiger partial charge is 0.0589 e. The average molecular weight is 299 g/mol. The Bertz CT molecular complexity index is 272. The van der Waals surface area contributed by atoms with E-state index in [1.165, 1.54) is 25.7 Å². The van der Waals surface area contributed by atoms with E-state index in [4.69, 9.17) is 4.74 Å². The third kappa shape index (κ3) is 5.54. The molecule has 0 bridgehead atoms. The highest BCUT2D eigenvalue weighted by molar-refractivity contribution is 4.95. The maximum atomic E-state index is 5.37. The molecule has 1 aliphatic carbocycles. The molecule has 1 fully saturated rings. The minimum Gasteiger partial charge on any atom is -0.383 e. The number of rotatable bonds is 9. The van der Waals surface area contributed by atoms with Gasteiger partial charge in [0.25, 0.3) is 0 Å². The molecule has 3 nitrogen and oxygen atoms in total. The molecule has 0 aromatic heterocycles. The van der Waals surface area contributed by atoms with E-state index in [1.54, 1.807) is 0 Å². The van der Waals surface area contributed by atoms with Gasteiger partial charge >= 0.3 is 0 Å². The molecule has 0 saturated heterocycles. The maximum absolute atomic E-state index is 5.37. The summed E-state index contributed by atoms with van der Waals surface area (Å²) >= 11 is 0. The topological polar surface area (TPSA) is 24.5 Å². The van der Waals surface area contributed by atoms with E-state index < -0.39 is 0 Å². The summed E-state index contributed by atoms with van der Waals surface area (Å²) < 4.78 is 5.37. The second kappa shape index (κ2) is 9.81. The molecule has 1 saturated carbocycles. The Hall–Kier alpha value is -0.120. The van der Waals surface area contributed by atoms with Crippen LogP contribution in [-0.2, 0) is 4.74 Å². The molecule has 0 spiro atoms. The fourth-order valence-electron chi connectivity index (χ4n) is 4.03. The van der Waals surface area contributed by atoms with E-state index in [0.717, 1.165) is 31.5 Å². The second-order valence-electron chi connectivity index (χ2n) is 7.09. The van der Waals surface area contributed by atoms with Gasteiger partial charge < -0.3 is 10.1 Å². The first-order valence-corrected chi connectivity index (χ1v) is 9.03. The van der Waals surface area contributed by atoms with Crippen LogP contribution in [0.4, 0.5) is 0 Å². The standard InChI is InChI=1S/C18H38N2O/c1-7-9-19-17-13-14(3)12-15(4)18(17)20(10-11-21-6)16(5)8-2/h14-19H,7-13H2,1-6H3. The molecule has 1 rings (SSSR count). The Morgan fingerprint density at radius 3 is 2.52 bits per heavy atom. The fraction of sp³-hybridized carbons (Fsp3) is 1.00. The van der Waals surface area contributed by atoms with E-state index in [1.807, 2.05) is 7.11 Å². The minimum atomic E-state index is 0.631. The van der Waals surface area contributed by atoms with Gasteiger partial charge in [-0.1, -0.05) is 27.7 Å². The Labute approximate surface area is 132 Å². The van der Waals surface area contributed by atoms with Crippen molar-refractivity contribution in [1.82, 2.24) is 10.2 Å². The van der Waals surface area contributed by atoms with Crippen LogP contribution < -0.4 is 5.32 Å². The highest BCUT2D eigenvalue weighted by Gasteiger charge is 2.38. The molecule has 5 unspecified atom stereocenters. The molecule has 0 heterocycles. The summed E-state index contributed by atoms with van der Waals surface area (Å²) in [6.45, 7) is 14.8. The van der Waals surface area contributed by atoms with Crippen molar-refractivity contribution in [2.45, 2.75) is 78.4 Å². The fourth-order valence-corrected chi connectivity index (χ4v) is 4.03. The third-order valence-electron chi connectivity index (χ3n) is 5.18. The van der Waals surface area contributed by atoms with Crippen LogP contribution in [0.2, 0.25) is 0 Å². The molecule has 1 aliphatic rings. The van der Waals surface area contributed by atoms with Crippen molar-refractivity contribution in [3.05, 3.63) is 0 Å². The van der Waals surface area contributed by atoms with Crippen LogP contribution in [0.3, 0.4) is 0 Å².